The Hall–Kier alpha value is -2.21. The number of hydrogen-bond acceptors (Lipinski definition) is 5. The highest BCUT2D eigenvalue weighted by molar-refractivity contribution is 5.73. The maximum atomic E-state index is 12.1. The molecule has 1 saturated heterocycles. The average molecular weight is 371 g/mol. The van der Waals surface area contributed by atoms with Crippen molar-refractivity contribution in [3.8, 4) is 0 Å². The average Bonchev–Trinajstić information content (AvgIpc) is 3.09. The van der Waals surface area contributed by atoms with Crippen LogP contribution < -0.4 is 0 Å². The lowest BCUT2D eigenvalue weighted by Crippen LogP contribution is -2.35. The first-order valence-electron chi connectivity index (χ1n) is 9.67. The highest BCUT2D eigenvalue weighted by Crippen LogP contribution is 2.22. The molecule has 0 unspecified atom stereocenters. The summed E-state index contributed by atoms with van der Waals surface area (Å²) in [6.07, 6.45) is 4.35. The van der Waals surface area contributed by atoms with Crippen molar-refractivity contribution in [1.82, 2.24) is 14.9 Å². The van der Waals surface area contributed by atoms with Crippen LogP contribution in [0.5, 0.6) is 0 Å². The van der Waals surface area contributed by atoms with E-state index in [0.29, 0.717) is 19.1 Å². The summed E-state index contributed by atoms with van der Waals surface area (Å²) in [4.78, 5) is 22.8. The molecule has 1 aliphatic heterocycles. The number of nitrogens with zero attached hydrogens (tertiary/aromatic N) is 3. The van der Waals surface area contributed by atoms with Crippen LogP contribution in [0.3, 0.4) is 0 Å². The second-order valence-corrected chi connectivity index (χ2v) is 8.08. The largest absolute Gasteiger partial charge is 0.444 e. The number of hydrogen-bond donors (Lipinski definition) is 0. The van der Waals surface area contributed by atoms with Gasteiger partial charge < -0.3 is 14.4 Å². The van der Waals surface area contributed by atoms with Crippen LogP contribution in [0.25, 0.3) is 11.0 Å². The van der Waals surface area contributed by atoms with Gasteiger partial charge in [0, 0.05) is 38.0 Å². The molecule has 1 atom stereocenters. The minimum atomic E-state index is -0.439. The van der Waals surface area contributed by atoms with Gasteiger partial charge in [-0.25, -0.2) is 4.79 Å². The van der Waals surface area contributed by atoms with E-state index in [1.807, 2.05) is 49.9 Å². The molecule has 2 aromatic heterocycles. The first-order chi connectivity index (χ1) is 12.9. The van der Waals surface area contributed by atoms with Gasteiger partial charge in [-0.05, 0) is 63.8 Å². The van der Waals surface area contributed by atoms with Gasteiger partial charge in [0.05, 0.1) is 17.6 Å². The van der Waals surface area contributed by atoms with Crippen molar-refractivity contribution in [2.45, 2.75) is 45.6 Å². The minimum absolute atomic E-state index is 0.206. The number of carbonyl (C=O) groups is 1. The van der Waals surface area contributed by atoms with Gasteiger partial charge in [0.2, 0.25) is 0 Å². The predicted octanol–water partition coefficient (Wildman–Crippen LogP) is 3.84. The van der Waals surface area contributed by atoms with Crippen molar-refractivity contribution >= 4 is 17.1 Å². The number of rotatable bonds is 6. The summed E-state index contributed by atoms with van der Waals surface area (Å²) in [6, 6.07) is 7.89. The lowest BCUT2D eigenvalue weighted by atomic mass is 10.1. The van der Waals surface area contributed by atoms with Crippen LogP contribution in [0, 0.1) is 5.92 Å². The topological polar surface area (TPSA) is 64.5 Å². The molecular formula is C21H29N3O3. The molecule has 0 aliphatic carbocycles. The van der Waals surface area contributed by atoms with Gasteiger partial charge in [0.1, 0.15) is 5.60 Å². The number of likely N-dealkylation sites (tertiary alicyclic amines) is 1. The summed E-state index contributed by atoms with van der Waals surface area (Å²) in [5.41, 5.74) is 2.42. The SMILES string of the molecule is CC(C)(C)OC(=O)N1CC[C@@H](CCOCCc2ccc3ncccc3n2)C1. The van der Waals surface area contributed by atoms with Gasteiger partial charge in [0.25, 0.3) is 0 Å². The van der Waals surface area contributed by atoms with E-state index in [2.05, 4.69) is 9.97 Å². The number of pyridine rings is 2. The quantitative estimate of drug-likeness (QED) is 0.722. The molecule has 3 rings (SSSR count). The summed E-state index contributed by atoms with van der Waals surface area (Å²) in [5.74, 6) is 0.488. The Balaban J connectivity index is 1.34. The summed E-state index contributed by atoms with van der Waals surface area (Å²) < 4.78 is 11.2. The van der Waals surface area contributed by atoms with E-state index in [4.69, 9.17) is 9.47 Å². The molecule has 0 spiro atoms. The van der Waals surface area contributed by atoms with Crippen molar-refractivity contribution in [1.29, 1.82) is 0 Å². The minimum Gasteiger partial charge on any atom is -0.444 e. The maximum absolute atomic E-state index is 12.1. The van der Waals surface area contributed by atoms with E-state index in [9.17, 15) is 4.79 Å². The maximum Gasteiger partial charge on any atom is 0.410 e. The zero-order chi connectivity index (χ0) is 19.3. The van der Waals surface area contributed by atoms with Crippen LogP contribution in [0.15, 0.2) is 30.5 Å². The monoisotopic (exact) mass is 371 g/mol. The third kappa shape index (κ3) is 5.89. The van der Waals surface area contributed by atoms with Crippen molar-refractivity contribution in [2.75, 3.05) is 26.3 Å². The molecule has 0 aromatic carbocycles. The molecule has 1 amide bonds. The summed E-state index contributed by atoms with van der Waals surface area (Å²) in [6.45, 7) is 8.59. The fourth-order valence-corrected chi connectivity index (χ4v) is 3.23. The Morgan fingerprint density at radius 3 is 2.89 bits per heavy atom. The number of carbonyl (C=O) groups excluding carboxylic acids is 1. The number of amides is 1. The van der Waals surface area contributed by atoms with E-state index in [0.717, 1.165) is 49.1 Å². The second kappa shape index (κ2) is 8.65. The Morgan fingerprint density at radius 1 is 1.22 bits per heavy atom. The molecule has 0 saturated carbocycles. The lowest BCUT2D eigenvalue weighted by Gasteiger charge is -2.24. The molecule has 1 fully saturated rings. The fourth-order valence-electron chi connectivity index (χ4n) is 3.23. The van der Waals surface area contributed by atoms with Gasteiger partial charge in [-0.2, -0.15) is 0 Å². The molecule has 6 nitrogen and oxygen atoms in total. The van der Waals surface area contributed by atoms with Gasteiger partial charge in [-0.1, -0.05) is 0 Å². The highest BCUT2D eigenvalue weighted by Gasteiger charge is 2.29. The molecule has 3 heterocycles. The first-order valence-corrected chi connectivity index (χ1v) is 9.67. The Morgan fingerprint density at radius 2 is 2.07 bits per heavy atom. The summed E-state index contributed by atoms with van der Waals surface area (Å²) in [5, 5.41) is 0. The van der Waals surface area contributed by atoms with Crippen molar-refractivity contribution in [2.24, 2.45) is 5.92 Å². The number of ether oxygens (including phenoxy) is 2. The van der Waals surface area contributed by atoms with Crippen LogP contribution in [0.4, 0.5) is 4.79 Å². The van der Waals surface area contributed by atoms with Gasteiger partial charge in [-0.15, -0.1) is 0 Å². The molecule has 0 N–H and O–H groups in total. The smallest absolute Gasteiger partial charge is 0.410 e. The lowest BCUT2D eigenvalue weighted by molar-refractivity contribution is 0.0284. The van der Waals surface area contributed by atoms with Gasteiger partial charge in [-0.3, -0.25) is 9.97 Å². The Bertz CT molecular complexity index is 773. The first kappa shape index (κ1) is 19.5. The Labute approximate surface area is 160 Å². The van der Waals surface area contributed by atoms with E-state index in [-0.39, 0.29) is 6.09 Å². The highest BCUT2D eigenvalue weighted by atomic mass is 16.6. The van der Waals surface area contributed by atoms with Crippen LogP contribution >= 0.6 is 0 Å². The predicted molar refractivity (Wildman–Crippen MR) is 105 cm³/mol. The van der Waals surface area contributed by atoms with Crippen LogP contribution in [0.1, 0.15) is 39.3 Å². The summed E-state index contributed by atoms with van der Waals surface area (Å²) >= 11 is 0. The molecule has 2 aromatic rings. The molecule has 1 aliphatic rings. The van der Waals surface area contributed by atoms with E-state index >= 15 is 0 Å². The third-order valence-electron chi connectivity index (χ3n) is 4.62. The third-order valence-corrected chi connectivity index (χ3v) is 4.62. The Kier molecular flexibility index (Phi) is 6.26. The zero-order valence-electron chi connectivity index (χ0n) is 16.5. The van der Waals surface area contributed by atoms with Crippen LogP contribution in [-0.2, 0) is 15.9 Å². The molecule has 6 heteroatoms. The molecule has 146 valence electrons. The number of fused-ring (bicyclic) bond motifs is 1. The number of aromatic nitrogens is 2. The summed E-state index contributed by atoms with van der Waals surface area (Å²) in [7, 11) is 0. The van der Waals surface area contributed by atoms with Crippen molar-refractivity contribution in [3.63, 3.8) is 0 Å². The second-order valence-electron chi connectivity index (χ2n) is 8.08. The van der Waals surface area contributed by atoms with Gasteiger partial charge >= 0.3 is 6.09 Å². The molecular weight excluding hydrogens is 342 g/mol. The van der Waals surface area contributed by atoms with Crippen LogP contribution in [-0.4, -0.2) is 52.9 Å². The molecule has 0 bridgehead atoms. The zero-order valence-corrected chi connectivity index (χ0v) is 16.5. The van der Waals surface area contributed by atoms with E-state index in [1.54, 1.807) is 6.20 Å². The van der Waals surface area contributed by atoms with E-state index < -0.39 is 5.60 Å². The fraction of sp³-hybridized carbons (Fsp3) is 0.571. The van der Waals surface area contributed by atoms with Crippen molar-refractivity contribution < 1.29 is 14.3 Å². The standard InChI is InChI=1S/C21H29N3O3/c1-21(2,3)27-20(25)24-12-8-16(15-24)9-13-26-14-10-17-6-7-18-19(23-17)5-4-11-22-18/h4-7,11,16H,8-10,12-15H2,1-3H3/t16-/m0/s1. The van der Waals surface area contributed by atoms with E-state index in [1.165, 1.54) is 0 Å². The van der Waals surface area contributed by atoms with Gasteiger partial charge in [0.15, 0.2) is 0 Å². The van der Waals surface area contributed by atoms with Crippen LogP contribution in [0.2, 0.25) is 0 Å². The molecule has 0 radical (unpaired) electrons. The van der Waals surface area contributed by atoms with Crippen molar-refractivity contribution in [3.05, 3.63) is 36.2 Å². The molecule has 27 heavy (non-hydrogen) atoms. The normalized spacial score (nSPS) is 17.4.